The summed E-state index contributed by atoms with van der Waals surface area (Å²) in [6.45, 7) is 2.17. The number of anilines is 1. The Bertz CT molecular complexity index is 1650. The molecule has 0 spiro atoms. The Morgan fingerprint density at radius 3 is 2.61 bits per heavy atom. The van der Waals surface area contributed by atoms with Gasteiger partial charge >= 0.3 is 10.1 Å². The molecule has 0 radical (unpaired) electrons. The van der Waals surface area contributed by atoms with Crippen molar-refractivity contribution in [3.05, 3.63) is 65.5 Å². The number of hydrogen-bond acceptors (Lipinski definition) is 13. The van der Waals surface area contributed by atoms with Crippen LogP contribution in [0.2, 0.25) is 0 Å². The van der Waals surface area contributed by atoms with E-state index in [2.05, 4.69) is 40.7 Å². The number of benzene rings is 2. The zero-order valence-electron chi connectivity index (χ0n) is 22.0. The van der Waals surface area contributed by atoms with E-state index in [1.54, 1.807) is 24.3 Å². The van der Waals surface area contributed by atoms with Crippen molar-refractivity contribution in [3.8, 4) is 17.3 Å². The van der Waals surface area contributed by atoms with Crippen molar-refractivity contribution in [2.75, 3.05) is 25.9 Å². The Labute approximate surface area is 235 Å². The van der Waals surface area contributed by atoms with Gasteiger partial charge in [-0.05, 0) is 72.1 Å². The van der Waals surface area contributed by atoms with Crippen LogP contribution in [0.25, 0.3) is 5.82 Å². The van der Waals surface area contributed by atoms with Crippen LogP contribution in [0.3, 0.4) is 0 Å². The molecule has 0 unspecified atom stereocenters. The van der Waals surface area contributed by atoms with Crippen molar-refractivity contribution < 1.29 is 26.8 Å². The number of nitrogens with two attached hydrogens (primary N) is 1. The second kappa shape index (κ2) is 12.1. The van der Waals surface area contributed by atoms with Gasteiger partial charge < -0.3 is 14.7 Å². The van der Waals surface area contributed by atoms with Crippen LogP contribution in [-0.2, 0) is 16.7 Å². The van der Waals surface area contributed by atoms with Crippen molar-refractivity contribution in [1.82, 2.24) is 35.6 Å². The van der Waals surface area contributed by atoms with E-state index < -0.39 is 16.0 Å². The quantitative estimate of drug-likeness (QED) is 0.157. The Morgan fingerprint density at radius 2 is 1.90 bits per heavy atom. The van der Waals surface area contributed by atoms with Gasteiger partial charge in [0.1, 0.15) is 10.6 Å². The smallest absolute Gasteiger partial charge is 0.339 e. The van der Waals surface area contributed by atoms with Crippen molar-refractivity contribution >= 4 is 28.1 Å². The summed E-state index contributed by atoms with van der Waals surface area (Å²) in [4.78, 5) is 15.5. The number of aromatic nitrogens is 5. The summed E-state index contributed by atoms with van der Waals surface area (Å²) in [6.07, 6.45) is 4.64. The molecular formula is C25H27N9O6S. The molecule has 1 aliphatic heterocycles. The molecule has 3 heterocycles. The molecule has 1 saturated heterocycles. The number of hydrogen-bond donors (Lipinski definition) is 2. The fourth-order valence-electron chi connectivity index (χ4n) is 4.27. The van der Waals surface area contributed by atoms with Crippen molar-refractivity contribution in [1.29, 1.82) is 0 Å². The SMILES string of the molecule is COc1cc(/C=N\NC(=O)c2c(CN3CCCCC3)nnn2-c2nonc2N)ccc1OS(=O)(=O)c1ccccc1. The summed E-state index contributed by atoms with van der Waals surface area (Å²) in [5, 5.41) is 19.6. The molecule has 15 nitrogen and oxygen atoms in total. The third-order valence-corrected chi connectivity index (χ3v) is 7.52. The van der Waals surface area contributed by atoms with E-state index in [1.807, 2.05) is 0 Å². The number of amides is 1. The molecule has 0 bridgehead atoms. The molecule has 2 aromatic heterocycles. The maximum absolute atomic E-state index is 13.3. The third kappa shape index (κ3) is 6.33. The first kappa shape index (κ1) is 27.7. The lowest BCUT2D eigenvalue weighted by atomic mass is 10.1. The van der Waals surface area contributed by atoms with E-state index in [9.17, 15) is 13.2 Å². The van der Waals surface area contributed by atoms with Gasteiger partial charge in [0.2, 0.25) is 11.6 Å². The molecule has 16 heteroatoms. The first-order chi connectivity index (χ1) is 19.9. The maximum atomic E-state index is 13.3. The highest BCUT2D eigenvalue weighted by molar-refractivity contribution is 7.87. The largest absolute Gasteiger partial charge is 0.493 e. The number of methoxy groups -OCH3 is 1. The minimum atomic E-state index is -4.07. The van der Waals surface area contributed by atoms with Gasteiger partial charge in [0.25, 0.3) is 5.91 Å². The summed E-state index contributed by atoms with van der Waals surface area (Å²) in [7, 11) is -2.69. The van der Waals surface area contributed by atoms with Gasteiger partial charge in [-0.2, -0.15) is 18.2 Å². The summed E-state index contributed by atoms with van der Waals surface area (Å²) < 4.78 is 41.7. The minimum Gasteiger partial charge on any atom is -0.493 e. The van der Waals surface area contributed by atoms with Crippen LogP contribution in [0, 0.1) is 0 Å². The number of piperidine rings is 1. The van der Waals surface area contributed by atoms with Gasteiger partial charge in [-0.25, -0.2) is 10.1 Å². The molecule has 1 aliphatic rings. The molecule has 1 amide bonds. The Hall–Kier alpha value is -4.83. The molecule has 41 heavy (non-hydrogen) atoms. The lowest BCUT2D eigenvalue weighted by molar-refractivity contribution is 0.0944. The average molecular weight is 582 g/mol. The molecule has 2 aromatic carbocycles. The van der Waals surface area contributed by atoms with Crippen LogP contribution in [0.4, 0.5) is 5.82 Å². The number of carbonyl (C=O) groups excluding carboxylic acids is 1. The molecule has 5 rings (SSSR count). The minimum absolute atomic E-state index is 0.00585. The first-order valence-electron chi connectivity index (χ1n) is 12.6. The Balaban J connectivity index is 1.33. The highest BCUT2D eigenvalue weighted by Gasteiger charge is 2.26. The molecule has 0 aliphatic carbocycles. The molecule has 214 valence electrons. The number of nitrogens with one attached hydrogen (secondary N) is 1. The molecule has 3 N–H and O–H groups in total. The van der Waals surface area contributed by atoms with Gasteiger partial charge in [0, 0.05) is 6.54 Å². The van der Waals surface area contributed by atoms with E-state index in [-0.39, 0.29) is 33.7 Å². The molecular weight excluding hydrogens is 554 g/mol. The standard InChI is InChI=1S/C25H27N9O6S/c1-38-21-14-17(10-11-20(21)39-41(36,37)18-8-4-2-5-9-18)15-27-29-25(35)22-19(16-33-12-6-3-7-13-33)28-32-34(22)24-23(26)30-40-31-24/h2,4-5,8-11,14-15H,3,6-7,12-13,16H2,1H3,(H2,26,30)(H,29,35)/b27-15-. The fourth-order valence-corrected chi connectivity index (χ4v) is 5.23. The first-order valence-corrected chi connectivity index (χ1v) is 14.0. The van der Waals surface area contributed by atoms with Gasteiger partial charge in [0.15, 0.2) is 17.2 Å². The summed E-state index contributed by atoms with van der Waals surface area (Å²) >= 11 is 0. The average Bonchev–Trinajstić information content (AvgIpc) is 3.60. The third-order valence-electron chi connectivity index (χ3n) is 6.27. The zero-order chi connectivity index (χ0) is 28.8. The van der Waals surface area contributed by atoms with Gasteiger partial charge in [-0.1, -0.05) is 29.8 Å². The lowest BCUT2D eigenvalue weighted by Crippen LogP contribution is -2.31. The zero-order valence-corrected chi connectivity index (χ0v) is 22.8. The molecule has 0 atom stereocenters. The van der Waals surface area contributed by atoms with E-state index in [0.29, 0.717) is 17.8 Å². The van der Waals surface area contributed by atoms with Crippen molar-refractivity contribution in [3.63, 3.8) is 0 Å². The van der Waals surface area contributed by atoms with Crippen LogP contribution in [0.1, 0.15) is 41.0 Å². The molecule has 1 fully saturated rings. The summed E-state index contributed by atoms with van der Waals surface area (Å²) in [5.74, 6) is -0.488. The number of rotatable bonds is 10. The van der Waals surface area contributed by atoms with Crippen LogP contribution in [0.15, 0.2) is 63.2 Å². The predicted octanol–water partition coefficient (Wildman–Crippen LogP) is 1.76. The van der Waals surface area contributed by atoms with Gasteiger partial charge in [-0.15, -0.1) is 5.10 Å². The number of carbonyl (C=O) groups is 1. The highest BCUT2D eigenvalue weighted by Crippen LogP contribution is 2.30. The Morgan fingerprint density at radius 1 is 1.12 bits per heavy atom. The van der Waals surface area contributed by atoms with E-state index in [4.69, 9.17) is 14.7 Å². The lowest BCUT2D eigenvalue weighted by Gasteiger charge is -2.25. The van der Waals surface area contributed by atoms with E-state index in [0.717, 1.165) is 37.0 Å². The normalized spacial score (nSPS) is 14.3. The summed E-state index contributed by atoms with van der Waals surface area (Å²) in [6, 6.07) is 12.3. The van der Waals surface area contributed by atoms with Crippen molar-refractivity contribution in [2.24, 2.45) is 5.10 Å². The maximum Gasteiger partial charge on any atom is 0.339 e. The highest BCUT2D eigenvalue weighted by atomic mass is 32.2. The second-order valence-corrected chi connectivity index (χ2v) is 10.6. The van der Waals surface area contributed by atoms with Gasteiger partial charge in [-0.3, -0.25) is 9.69 Å². The second-order valence-electron chi connectivity index (χ2n) is 9.07. The van der Waals surface area contributed by atoms with Crippen molar-refractivity contribution in [2.45, 2.75) is 30.7 Å². The van der Waals surface area contributed by atoms with Crippen LogP contribution < -0.4 is 20.1 Å². The summed E-state index contributed by atoms with van der Waals surface area (Å²) in [5.41, 5.74) is 9.31. The van der Waals surface area contributed by atoms with E-state index in [1.165, 1.54) is 37.6 Å². The number of ether oxygens (including phenoxy) is 1. The fraction of sp³-hybridized carbons (Fsp3) is 0.280. The van der Waals surface area contributed by atoms with Crippen LogP contribution in [-0.4, -0.2) is 70.9 Å². The van der Waals surface area contributed by atoms with Crippen LogP contribution >= 0.6 is 0 Å². The van der Waals surface area contributed by atoms with Crippen LogP contribution in [0.5, 0.6) is 11.5 Å². The predicted molar refractivity (Wildman–Crippen MR) is 145 cm³/mol. The van der Waals surface area contributed by atoms with E-state index >= 15 is 0 Å². The number of nitrogens with zero attached hydrogens (tertiary/aromatic N) is 7. The monoisotopic (exact) mass is 581 g/mol. The molecule has 4 aromatic rings. The molecule has 0 saturated carbocycles. The van der Waals surface area contributed by atoms with Gasteiger partial charge in [0.05, 0.1) is 13.3 Å². The topological polar surface area (TPSA) is 193 Å². The number of likely N-dealkylation sites (tertiary alicyclic amines) is 1. The number of nitrogen functional groups attached to an aromatic ring is 1. The Kier molecular flexibility index (Phi) is 8.21. The number of hydrazone groups is 1.